The van der Waals surface area contributed by atoms with Crippen LogP contribution in [0.3, 0.4) is 0 Å². The quantitative estimate of drug-likeness (QED) is 0.771. The molecule has 3 aromatic heterocycles. The monoisotopic (exact) mass is 350 g/mol. The van der Waals surface area contributed by atoms with E-state index in [1.165, 1.54) is 6.26 Å². The van der Waals surface area contributed by atoms with Crippen LogP contribution in [0, 0.1) is 0 Å². The third kappa shape index (κ3) is 3.49. The summed E-state index contributed by atoms with van der Waals surface area (Å²) in [7, 11) is 0. The van der Waals surface area contributed by atoms with Gasteiger partial charge in [-0.15, -0.1) is 10.2 Å². The van der Waals surface area contributed by atoms with Crippen LogP contribution in [0.1, 0.15) is 10.6 Å². The number of hydrogen-bond donors (Lipinski definition) is 1. The molecule has 0 aromatic carbocycles. The molecule has 132 valence electrons. The number of rotatable bonds is 4. The van der Waals surface area contributed by atoms with Crippen molar-refractivity contribution in [3.63, 3.8) is 0 Å². The van der Waals surface area contributed by atoms with Crippen molar-refractivity contribution < 1.29 is 9.21 Å². The Morgan fingerprint density at radius 2 is 1.85 bits per heavy atom. The maximum absolute atomic E-state index is 12.3. The zero-order valence-corrected chi connectivity index (χ0v) is 14.1. The minimum Gasteiger partial charge on any atom is -0.459 e. The fourth-order valence-corrected chi connectivity index (χ4v) is 2.82. The smallest absolute Gasteiger partial charge is 0.289 e. The summed E-state index contributed by atoms with van der Waals surface area (Å²) < 4.78 is 5.18. The van der Waals surface area contributed by atoms with Gasteiger partial charge in [0.25, 0.3) is 5.91 Å². The lowest BCUT2D eigenvalue weighted by Gasteiger charge is -2.34. The molecule has 0 bridgehead atoms. The zero-order valence-electron chi connectivity index (χ0n) is 14.1. The van der Waals surface area contributed by atoms with Gasteiger partial charge in [0.05, 0.1) is 6.26 Å². The normalized spacial score (nSPS) is 14.3. The Morgan fingerprint density at radius 3 is 2.50 bits per heavy atom. The molecule has 0 spiro atoms. The Hall–Kier alpha value is -3.42. The lowest BCUT2D eigenvalue weighted by Crippen LogP contribution is -2.49. The van der Waals surface area contributed by atoms with Crippen LogP contribution >= 0.6 is 0 Å². The van der Waals surface area contributed by atoms with Crippen molar-refractivity contribution in [1.82, 2.24) is 20.1 Å². The van der Waals surface area contributed by atoms with Crippen molar-refractivity contribution in [3.8, 4) is 0 Å². The predicted octanol–water partition coefficient (Wildman–Crippen LogP) is 2.17. The molecule has 0 unspecified atom stereocenters. The van der Waals surface area contributed by atoms with E-state index in [9.17, 15) is 4.79 Å². The van der Waals surface area contributed by atoms with Gasteiger partial charge in [0, 0.05) is 32.4 Å². The minimum absolute atomic E-state index is 0.0735. The summed E-state index contributed by atoms with van der Waals surface area (Å²) in [6.07, 6.45) is 3.23. The number of furan rings is 1. The highest BCUT2D eigenvalue weighted by Crippen LogP contribution is 2.17. The first-order valence-electron chi connectivity index (χ1n) is 8.39. The van der Waals surface area contributed by atoms with Gasteiger partial charge in [-0.05, 0) is 36.4 Å². The standard InChI is InChI=1S/C18H18N6O2/c25-18(14-4-3-13-26-14)24-11-9-23(10-12-24)17-7-6-16(21-22-17)20-15-5-1-2-8-19-15/h1-8,13H,9-12H2,(H,19,20,21). The van der Waals surface area contributed by atoms with Crippen molar-refractivity contribution in [2.45, 2.75) is 0 Å². The highest BCUT2D eigenvalue weighted by Gasteiger charge is 2.24. The van der Waals surface area contributed by atoms with Gasteiger partial charge >= 0.3 is 0 Å². The number of pyridine rings is 1. The fraction of sp³-hybridized carbons (Fsp3) is 0.222. The lowest BCUT2D eigenvalue weighted by atomic mass is 10.3. The third-order valence-electron chi connectivity index (χ3n) is 4.19. The Labute approximate surface area is 150 Å². The number of nitrogens with zero attached hydrogens (tertiary/aromatic N) is 5. The van der Waals surface area contributed by atoms with Gasteiger partial charge in [0.1, 0.15) is 5.82 Å². The van der Waals surface area contributed by atoms with E-state index in [0.29, 0.717) is 37.8 Å². The molecule has 1 fully saturated rings. The first-order valence-corrected chi connectivity index (χ1v) is 8.39. The van der Waals surface area contributed by atoms with Crippen LogP contribution in [-0.4, -0.2) is 52.2 Å². The van der Waals surface area contributed by atoms with Gasteiger partial charge in [-0.3, -0.25) is 4.79 Å². The number of hydrogen-bond acceptors (Lipinski definition) is 7. The molecule has 3 aromatic rings. The molecule has 0 radical (unpaired) electrons. The molecule has 1 aliphatic heterocycles. The molecule has 1 amide bonds. The maximum Gasteiger partial charge on any atom is 0.289 e. The third-order valence-corrected chi connectivity index (χ3v) is 4.19. The average Bonchev–Trinajstić information content (AvgIpc) is 3.24. The molecule has 4 heterocycles. The number of piperazine rings is 1. The summed E-state index contributed by atoms with van der Waals surface area (Å²) in [5.41, 5.74) is 0. The largest absolute Gasteiger partial charge is 0.459 e. The van der Waals surface area contributed by atoms with Crippen molar-refractivity contribution in [1.29, 1.82) is 0 Å². The van der Waals surface area contributed by atoms with Crippen LogP contribution in [0.15, 0.2) is 59.3 Å². The number of anilines is 3. The molecular weight excluding hydrogens is 332 g/mol. The Morgan fingerprint density at radius 1 is 0.962 bits per heavy atom. The number of aromatic nitrogens is 3. The predicted molar refractivity (Wildman–Crippen MR) is 96.4 cm³/mol. The number of amides is 1. The molecule has 8 heteroatoms. The van der Waals surface area contributed by atoms with E-state index >= 15 is 0 Å². The van der Waals surface area contributed by atoms with E-state index in [1.54, 1.807) is 23.2 Å². The van der Waals surface area contributed by atoms with Gasteiger partial charge in [-0.25, -0.2) is 4.98 Å². The van der Waals surface area contributed by atoms with E-state index < -0.39 is 0 Å². The number of carbonyl (C=O) groups is 1. The summed E-state index contributed by atoms with van der Waals surface area (Å²) in [6, 6.07) is 12.8. The van der Waals surface area contributed by atoms with Crippen LogP contribution in [0.2, 0.25) is 0 Å². The van der Waals surface area contributed by atoms with Crippen LogP contribution < -0.4 is 10.2 Å². The first kappa shape index (κ1) is 16.1. The second-order valence-electron chi connectivity index (χ2n) is 5.87. The summed E-state index contributed by atoms with van der Waals surface area (Å²) >= 11 is 0. The molecule has 1 aliphatic rings. The van der Waals surface area contributed by atoms with Gasteiger partial charge < -0.3 is 19.5 Å². The highest BCUT2D eigenvalue weighted by atomic mass is 16.3. The van der Waals surface area contributed by atoms with Crippen LogP contribution in [0.5, 0.6) is 0 Å². The molecule has 26 heavy (non-hydrogen) atoms. The summed E-state index contributed by atoms with van der Waals surface area (Å²) in [5.74, 6) is 2.46. The summed E-state index contributed by atoms with van der Waals surface area (Å²) in [4.78, 5) is 20.4. The van der Waals surface area contributed by atoms with E-state index in [4.69, 9.17) is 4.42 Å². The highest BCUT2D eigenvalue weighted by molar-refractivity contribution is 5.91. The topological polar surface area (TPSA) is 87.4 Å². The fourth-order valence-electron chi connectivity index (χ4n) is 2.82. The van der Waals surface area contributed by atoms with Crippen LogP contribution in [0.25, 0.3) is 0 Å². The molecular formula is C18H18N6O2. The van der Waals surface area contributed by atoms with Gasteiger partial charge in [0.15, 0.2) is 17.4 Å². The molecule has 1 N–H and O–H groups in total. The molecule has 1 saturated heterocycles. The average molecular weight is 350 g/mol. The molecule has 8 nitrogen and oxygen atoms in total. The second-order valence-corrected chi connectivity index (χ2v) is 5.87. The van der Waals surface area contributed by atoms with Crippen molar-refractivity contribution in [2.24, 2.45) is 0 Å². The van der Waals surface area contributed by atoms with E-state index in [-0.39, 0.29) is 5.91 Å². The maximum atomic E-state index is 12.3. The van der Waals surface area contributed by atoms with Crippen LogP contribution in [0.4, 0.5) is 17.5 Å². The van der Waals surface area contributed by atoms with Crippen LogP contribution in [-0.2, 0) is 0 Å². The van der Waals surface area contributed by atoms with E-state index in [2.05, 4.69) is 25.4 Å². The molecule has 0 aliphatic carbocycles. The molecule has 0 saturated carbocycles. The second kappa shape index (κ2) is 7.22. The summed E-state index contributed by atoms with van der Waals surface area (Å²) in [6.45, 7) is 2.65. The van der Waals surface area contributed by atoms with Gasteiger partial charge in [-0.1, -0.05) is 6.07 Å². The number of carbonyl (C=O) groups excluding carboxylic acids is 1. The summed E-state index contributed by atoms with van der Waals surface area (Å²) in [5, 5.41) is 11.6. The van der Waals surface area contributed by atoms with Crippen molar-refractivity contribution in [2.75, 3.05) is 36.4 Å². The van der Waals surface area contributed by atoms with Crippen molar-refractivity contribution in [3.05, 3.63) is 60.7 Å². The Bertz CT molecular complexity index is 843. The Kier molecular flexibility index (Phi) is 4.46. The van der Waals surface area contributed by atoms with E-state index in [0.717, 1.165) is 11.6 Å². The molecule has 0 atom stereocenters. The van der Waals surface area contributed by atoms with Gasteiger partial charge in [0.2, 0.25) is 0 Å². The lowest BCUT2D eigenvalue weighted by molar-refractivity contribution is 0.0714. The Balaban J connectivity index is 1.35. The number of nitrogens with one attached hydrogen (secondary N) is 1. The van der Waals surface area contributed by atoms with E-state index in [1.807, 2.05) is 30.3 Å². The first-order chi connectivity index (χ1) is 12.8. The SMILES string of the molecule is O=C(c1ccco1)N1CCN(c2ccc(Nc3ccccn3)nn2)CC1. The van der Waals surface area contributed by atoms with Gasteiger partial charge in [-0.2, -0.15) is 0 Å². The zero-order chi connectivity index (χ0) is 17.8. The van der Waals surface area contributed by atoms with Crippen molar-refractivity contribution >= 4 is 23.4 Å². The minimum atomic E-state index is -0.0735. The molecule has 4 rings (SSSR count).